The van der Waals surface area contributed by atoms with Gasteiger partial charge in [-0.1, -0.05) is 6.92 Å². The molecule has 16 heavy (non-hydrogen) atoms. The Labute approximate surface area is 100 Å². The maximum atomic E-state index is 11.8. The van der Waals surface area contributed by atoms with Gasteiger partial charge in [0.2, 0.25) is 5.91 Å². The van der Waals surface area contributed by atoms with Crippen LogP contribution in [0.5, 0.6) is 0 Å². The van der Waals surface area contributed by atoms with Crippen LogP contribution in [0.15, 0.2) is 5.38 Å². The third kappa shape index (κ3) is 3.28. The number of aryl methyl sites for hydroxylation is 1. The first-order valence-corrected chi connectivity index (χ1v) is 6.24. The summed E-state index contributed by atoms with van der Waals surface area (Å²) in [5.74, 6) is -0.146. The van der Waals surface area contributed by atoms with Crippen LogP contribution < -0.4 is 11.1 Å². The Hall–Kier alpha value is -0.940. The fourth-order valence-electron chi connectivity index (χ4n) is 1.21. The second-order valence-corrected chi connectivity index (χ2v) is 5.37. The van der Waals surface area contributed by atoms with Gasteiger partial charge in [-0.05, 0) is 27.2 Å². The molecule has 1 amide bonds. The normalized spacial score (nSPS) is 13.6. The number of nitrogens with two attached hydrogens (primary N) is 1. The van der Waals surface area contributed by atoms with Gasteiger partial charge in [0.1, 0.15) is 5.01 Å². The SMILES string of the molecule is CCC(NC(=O)C(C)(C)N)c1nc(C)cs1. The van der Waals surface area contributed by atoms with Crippen molar-refractivity contribution in [1.29, 1.82) is 0 Å². The summed E-state index contributed by atoms with van der Waals surface area (Å²) in [7, 11) is 0. The van der Waals surface area contributed by atoms with Crippen molar-refractivity contribution in [2.24, 2.45) is 5.73 Å². The van der Waals surface area contributed by atoms with Crippen molar-refractivity contribution in [2.75, 3.05) is 0 Å². The Morgan fingerprint density at radius 1 is 1.69 bits per heavy atom. The number of hydrogen-bond donors (Lipinski definition) is 2. The predicted molar refractivity (Wildman–Crippen MR) is 66.3 cm³/mol. The predicted octanol–water partition coefficient (Wildman–Crippen LogP) is 1.76. The molecule has 1 aromatic heterocycles. The topological polar surface area (TPSA) is 68.0 Å². The standard InChI is InChI=1S/C11H19N3OS/c1-5-8(9-13-7(2)6-16-9)14-10(15)11(3,4)12/h6,8H,5,12H2,1-4H3,(H,14,15). The molecule has 1 rings (SSSR count). The number of thiazole rings is 1. The van der Waals surface area contributed by atoms with Crippen LogP contribution in [0.25, 0.3) is 0 Å². The van der Waals surface area contributed by atoms with E-state index in [1.807, 2.05) is 19.2 Å². The van der Waals surface area contributed by atoms with Gasteiger partial charge in [-0.15, -0.1) is 11.3 Å². The Morgan fingerprint density at radius 2 is 2.31 bits per heavy atom. The van der Waals surface area contributed by atoms with Gasteiger partial charge in [-0.3, -0.25) is 4.79 Å². The van der Waals surface area contributed by atoms with Crippen LogP contribution >= 0.6 is 11.3 Å². The van der Waals surface area contributed by atoms with E-state index in [2.05, 4.69) is 10.3 Å². The summed E-state index contributed by atoms with van der Waals surface area (Å²) >= 11 is 1.57. The van der Waals surface area contributed by atoms with Crippen molar-refractivity contribution in [2.45, 2.75) is 45.7 Å². The fourth-order valence-corrected chi connectivity index (χ4v) is 2.15. The van der Waals surface area contributed by atoms with Crippen LogP contribution in [-0.2, 0) is 4.79 Å². The van der Waals surface area contributed by atoms with Crippen molar-refractivity contribution in [1.82, 2.24) is 10.3 Å². The molecule has 1 aromatic rings. The summed E-state index contributed by atoms with van der Waals surface area (Å²) in [5, 5.41) is 5.85. The number of nitrogens with one attached hydrogen (secondary N) is 1. The highest BCUT2D eigenvalue weighted by molar-refractivity contribution is 7.09. The quantitative estimate of drug-likeness (QED) is 0.844. The molecular formula is C11H19N3OS. The lowest BCUT2D eigenvalue weighted by atomic mass is 10.1. The van der Waals surface area contributed by atoms with Crippen LogP contribution in [0.2, 0.25) is 0 Å². The van der Waals surface area contributed by atoms with Crippen LogP contribution in [0.1, 0.15) is 43.9 Å². The van der Waals surface area contributed by atoms with E-state index in [0.717, 1.165) is 17.1 Å². The van der Waals surface area contributed by atoms with Crippen LogP contribution in [0.4, 0.5) is 0 Å². The highest BCUT2D eigenvalue weighted by Gasteiger charge is 2.25. The third-order valence-corrected chi connectivity index (χ3v) is 3.31. The third-order valence-electron chi connectivity index (χ3n) is 2.23. The molecule has 90 valence electrons. The molecular weight excluding hydrogens is 222 g/mol. The van der Waals surface area contributed by atoms with Gasteiger partial charge in [0, 0.05) is 11.1 Å². The number of amides is 1. The van der Waals surface area contributed by atoms with E-state index in [-0.39, 0.29) is 11.9 Å². The minimum Gasteiger partial charge on any atom is -0.345 e. The van der Waals surface area contributed by atoms with Gasteiger partial charge < -0.3 is 11.1 Å². The van der Waals surface area contributed by atoms with Crippen molar-refractivity contribution >= 4 is 17.2 Å². The number of carbonyl (C=O) groups is 1. The molecule has 0 radical (unpaired) electrons. The first-order valence-electron chi connectivity index (χ1n) is 5.36. The summed E-state index contributed by atoms with van der Waals surface area (Å²) in [4.78, 5) is 16.1. The maximum Gasteiger partial charge on any atom is 0.240 e. The van der Waals surface area contributed by atoms with Crippen molar-refractivity contribution in [3.8, 4) is 0 Å². The number of carbonyl (C=O) groups excluding carboxylic acids is 1. The van der Waals surface area contributed by atoms with Crippen molar-refractivity contribution < 1.29 is 4.79 Å². The first kappa shape index (κ1) is 13.1. The summed E-state index contributed by atoms with van der Waals surface area (Å²) in [5.41, 5.74) is 5.87. The van der Waals surface area contributed by atoms with Gasteiger partial charge in [-0.2, -0.15) is 0 Å². The lowest BCUT2D eigenvalue weighted by molar-refractivity contribution is -0.126. The second kappa shape index (κ2) is 4.93. The lowest BCUT2D eigenvalue weighted by Crippen LogP contribution is -2.49. The Balaban J connectivity index is 2.74. The molecule has 4 nitrogen and oxygen atoms in total. The smallest absolute Gasteiger partial charge is 0.240 e. The van der Waals surface area contributed by atoms with Gasteiger partial charge in [0.25, 0.3) is 0 Å². The van der Waals surface area contributed by atoms with Crippen LogP contribution in [0, 0.1) is 6.92 Å². The molecule has 0 fully saturated rings. The molecule has 0 bridgehead atoms. The molecule has 0 saturated carbocycles. The van der Waals surface area contributed by atoms with Gasteiger partial charge in [0.15, 0.2) is 0 Å². The van der Waals surface area contributed by atoms with Crippen molar-refractivity contribution in [3.05, 3.63) is 16.1 Å². The Bertz CT molecular complexity index is 368. The summed E-state index contributed by atoms with van der Waals surface area (Å²) in [6.07, 6.45) is 0.814. The molecule has 1 heterocycles. The lowest BCUT2D eigenvalue weighted by Gasteiger charge is -2.22. The van der Waals surface area contributed by atoms with E-state index in [1.165, 1.54) is 0 Å². The fraction of sp³-hybridized carbons (Fsp3) is 0.636. The molecule has 3 N–H and O–H groups in total. The molecule has 0 aliphatic carbocycles. The average Bonchev–Trinajstić information content (AvgIpc) is 2.59. The summed E-state index contributed by atoms with van der Waals surface area (Å²) in [6.45, 7) is 7.36. The van der Waals surface area contributed by atoms with Crippen molar-refractivity contribution in [3.63, 3.8) is 0 Å². The Kier molecular flexibility index (Phi) is 4.04. The molecule has 0 spiro atoms. The molecule has 1 unspecified atom stereocenters. The van der Waals surface area contributed by atoms with Gasteiger partial charge in [-0.25, -0.2) is 4.98 Å². The van der Waals surface area contributed by atoms with E-state index in [9.17, 15) is 4.79 Å². The second-order valence-electron chi connectivity index (χ2n) is 4.48. The number of rotatable bonds is 4. The molecule has 0 aliphatic heterocycles. The maximum absolute atomic E-state index is 11.8. The molecule has 1 atom stereocenters. The number of aromatic nitrogens is 1. The monoisotopic (exact) mass is 241 g/mol. The van der Waals surface area contributed by atoms with Crippen LogP contribution in [-0.4, -0.2) is 16.4 Å². The highest BCUT2D eigenvalue weighted by Crippen LogP contribution is 2.21. The largest absolute Gasteiger partial charge is 0.345 e. The van der Waals surface area contributed by atoms with Gasteiger partial charge in [0.05, 0.1) is 11.6 Å². The van der Waals surface area contributed by atoms with E-state index >= 15 is 0 Å². The summed E-state index contributed by atoms with van der Waals surface area (Å²) < 4.78 is 0. The molecule has 0 aliphatic rings. The van der Waals surface area contributed by atoms with E-state index in [4.69, 9.17) is 5.73 Å². The number of hydrogen-bond acceptors (Lipinski definition) is 4. The van der Waals surface area contributed by atoms with E-state index < -0.39 is 5.54 Å². The zero-order chi connectivity index (χ0) is 12.3. The minimum absolute atomic E-state index is 0.0333. The highest BCUT2D eigenvalue weighted by atomic mass is 32.1. The van der Waals surface area contributed by atoms with Crippen LogP contribution in [0.3, 0.4) is 0 Å². The first-order chi connectivity index (χ1) is 7.34. The Morgan fingerprint density at radius 3 is 2.69 bits per heavy atom. The van der Waals surface area contributed by atoms with Gasteiger partial charge >= 0.3 is 0 Å². The number of nitrogens with zero attached hydrogens (tertiary/aromatic N) is 1. The summed E-state index contributed by atoms with van der Waals surface area (Å²) in [6, 6.07) is -0.0333. The van der Waals surface area contributed by atoms with E-state index in [0.29, 0.717) is 0 Å². The zero-order valence-corrected chi connectivity index (χ0v) is 11.0. The molecule has 0 saturated heterocycles. The van der Waals surface area contributed by atoms with E-state index in [1.54, 1.807) is 25.2 Å². The zero-order valence-electron chi connectivity index (χ0n) is 10.2. The molecule has 0 aromatic carbocycles. The minimum atomic E-state index is -0.847. The average molecular weight is 241 g/mol. The molecule has 5 heteroatoms.